The molecular weight excluding hydrogens is 406 g/mol. The fraction of sp³-hybridized carbons (Fsp3) is 0.238. The molecular formula is C21H21N3O5S. The van der Waals surface area contributed by atoms with Gasteiger partial charge in [0.2, 0.25) is 0 Å². The van der Waals surface area contributed by atoms with Gasteiger partial charge >= 0.3 is 0 Å². The number of thioether (sulfide) groups is 1. The Hall–Kier alpha value is -3.33. The van der Waals surface area contributed by atoms with E-state index in [1.165, 1.54) is 13.3 Å². The maximum Gasteiger partial charge on any atom is 0.293 e. The third-order valence-corrected chi connectivity index (χ3v) is 5.08. The summed E-state index contributed by atoms with van der Waals surface area (Å²) in [5, 5.41) is 2.28. The number of carbonyl (C=O) groups is 3. The monoisotopic (exact) mass is 427 g/mol. The molecule has 0 bridgehead atoms. The minimum Gasteiger partial charge on any atom is -0.493 e. The quantitative estimate of drug-likeness (QED) is 0.647. The number of ether oxygens (including phenoxy) is 2. The van der Waals surface area contributed by atoms with E-state index in [-0.39, 0.29) is 29.9 Å². The Bertz CT molecular complexity index is 978. The number of amides is 3. The molecule has 0 atom stereocenters. The highest BCUT2D eigenvalue weighted by Gasteiger charge is 2.34. The number of benzene rings is 1. The Morgan fingerprint density at radius 3 is 2.77 bits per heavy atom. The van der Waals surface area contributed by atoms with Gasteiger partial charge in [-0.1, -0.05) is 12.1 Å². The number of carbonyl (C=O) groups excluding carboxylic acids is 3. The van der Waals surface area contributed by atoms with Gasteiger partial charge in [0.15, 0.2) is 11.5 Å². The van der Waals surface area contributed by atoms with Crippen LogP contribution < -0.4 is 14.8 Å². The maximum absolute atomic E-state index is 12.6. The van der Waals surface area contributed by atoms with Crippen LogP contribution in [0.25, 0.3) is 6.08 Å². The standard InChI is InChI=1S/C21H21N3O5S/c1-3-29-16-8-7-14(12-17(16)28-2)13-18-20(26)24(21(27)30-18)11-10-23-19(25)15-6-4-5-9-22-15/h4-9,12-13H,3,10-11H2,1-2H3,(H,23,25)/b18-13-. The van der Waals surface area contributed by atoms with E-state index in [1.807, 2.05) is 6.92 Å². The number of imide groups is 1. The van der Waals surface area contributed by atoms with E-state index in [2.05, 4.69) is 10.3 Å². The second-order valence-electron chi connectivity index (χ2n) is 6.15. The molecule has 3 rings (SSSR count). The molecule has 1 saturated heterocycles. The van der Waals surface area contributed by atoms with Gasteiger partial charge in [-0.05, 0) is 54.6 Å². The fourth-order valence-corrected chi connectivity index (χ4v) is 3.63. The Labute approximate surface area is 178 Å². The zero-order valence-corrected chi connectivity index (χ0v) is 17.4. The van der Waals surface area contributed by atoms with Crippen LogP contribution in [-0.2, 0) is 4.79 Å². The lowest BCUT2D eigenvalue weighted by molar-refractivity contribution is -0.122. The van der Waals surface area contributed by atoms with Crippen molar-refractivity contribution in [3.63, 3.8) is 0 Å². The summed E-state index contributed by atoms with van der Waals surface area (Å²) in [6, 6.07) is 10.3. The highest BCUT2D eigenvalue weighted by atomic mass is 32.2. The molecule has 8 nitrogen and oxygen atoms in total. The lowest BCUT2D eigenvalue weighted by Crippen LogP contribution is -2.37. The van der Waals surface area contributed by atoms with E-state index in [0.717, 1.165) is 16.7 Å². The summed E-state index contributed by atoms with van der Waals surface area (Å²) in [6.45, 7) is 2.60. The number of aromatic nitrogens is 1. The molecule has 1 aromatic carbocycles. The average Bonchev–Trinajstić information content (AvgIpc) is 3.02. The van der Waals surface area contributed by atoms with Gasteiger partial charge in [-0.3, -0.25) is 24.3 Å². The Morgan fingerprint density at radius 1 is 1.23 bits per heavy atom. The van der Waals surface area contributed by atoms with Crippen LogP contribution in [0.1, 0.15) is 23.0 Å². The minimum atomic E-state index is -0.398. The fourth-order valence-electron chi connectivity index (χ4n) is 2.76. The van der Waals surface area contributed by atoms with E-state index in [9.17, 15) is 14.4 Å². The summed E-state index contributed by atoms with van der Waals surface area (Å²) < 4.78 is 10.8. The van der Waals surface area contributed by atoms with E-state index < -0.39 is 5.91 Å². The van der Waals surface area contributed by atoms with Gasteiger partial charge in [0.1, 0.15) is 5.69 Å². The van der Waals surface area contributed by atoms with Crippen LogP contribution in [0.4, 0.5) is 4.79 Å². The predicted octanol–water partition coefficient (Wildman–Crippen LogP) is 2.96. The van der Waals surface area contributed by atoms with Gasteiger partial charge in [-0.25, -0.2) is 0 Å². The van der Waals surface area contributed by atoms with Crippen LogP contribution in [0.15, 0.2) is 47.5 Å². The van der Waals surface area contributed by atoms with E-state index in [0.29, 0.717) is 28.6 Å². The summed E-state index contributed by atoms with van der Waals surface area (Å²) in [6.07, 6.45) is 3.15. The number of hydrogen-bond donors (Lipinski definition) is 1. The number of pyridine rings is 1. The van der Waals surface area contributed by atoms with Gasteiger partial charge in [0, 0.05) is 19.3 Å². The van der Waals surface area contributed by atoms with Gasteiger partial charge in [0.25, 0.3) is 17.1 Å². The van der Waals surface area contributed by atoms with E-state index in [4.69, 9.17) is 9.47 Å². The molecule has 1 N–H and O–H groups in total. The molecule has 0 unspecified atom stereocenters. The molecule has 1 aromatic heterocycles. The van der Waals surface area contributed by atoms with Crippen LogP contribution in [0.3, 0.4) is 0 Å². The number of hydrogen-bond acceptors (Lipinski definition) is 7. The van der Waals surface area contributed by atoms with Crippen LogP contribution in [0, 0.1) is 0 Å². The first-order valence-electron chi connectivity index (χ1n) is 9.29. The van der Waals surface area contributed by atoms with Crippen molar-refractivity contribution in [3.05, 3.63) is 58.8 Å². The predicted molar refractivity (Wildman–Crippen MR) is 113 cm³/mol. The third kappa shape index (κ3) is 4.98. The molecule has 2 heterocycles. The summed E-state index contributed by atoms with van der Waals surface area (Å²) >= 11 is 0.861. The normalized spacial score (nSPS) is 14.9. The summed E-state index contributed by atoms with van der Waals surface area (Å²) in [5.74, 6) is 0.389. The second kappa shape index (κ2) is 9.93. The number of nitrogens with one attached hydrogen (secondary N) is 1. The molecule has 3 amide bonds. The molecule has 1 aliphatic rings. The molecule has 0 spiro atoms. The first kappa shape index (κ1) is 21.4. The Morgan fingerprint density at radius 2 is 2.07 bits per heavy atom. The van der Waals surface area contributed by atoms with Gasteiger partial charge in [0.05, 0.1) is 18.6 Å². The van der Waals surface area contributed by atoms with Crippen LogP contribution >= 0.6 is 11.8 Å². The van der Waals surface area contributed by atoms with Crippen LogP contribution in [0.5, 0.6) is 11.5 Å². The Balaban J connectivity index is 1.63. The Kier molecular flexibility index (Phi) is 7.08. The average molecular weight is 427 g/mol. The van der Waals surface area contributed by atoms with Crippen molar-refractivity contribution in [1.29, 1.82) is 0 Å². The molecule has 1 fully saturated rings. The lowest BCUT2D eigenvalue weighted by Gasteiger charge is -2.12. The molecule has 9 heteroatoms. The molecule has 0 saturated carbocycles. The van der Waals surface area contributed by atoms with Crippen molar-refractivity contribution >= 4 is 34.9 Å². The molecule has 2 aromatic rings. The largest absolute Gasteiger partial charge is 0.493 e. The topological polar surface area (TPSA) is 97.8 Å². The molecule has 1 aliphatic heterocycles. The molecule has 156 valence electrons. The summed E-state index contributed by atoms with van der Waals surface area (Å²) in [5.41, 5.74) is 0.986. The van der Waals surface area contributed by atoms with Crippen molar-refractivity contribution in [3.8, 4) is 11.5 Å². The van der Waals surface area contributed by atoms with Crippen LogP contribution in [-0.4, -0.2) is 53.7 Å². The number of methoxy groups -OCH3 is 1. The van der Waals surface area contributed by atoms with E-state index >= 15 is 0 Å². The van der Waals surface area contributed by atoms with Crippen LogP contribution in [0.2, 0.25) is 0 Å². The third-order valence-electron chi connectivity index (χ3n) is 4.18. The van der Waals surface area contributed by atoms with Gasteiger partial charge in [-0.2, -0.15) is 0 Å². The highest BCUT2D eigenvalue weighted by molar-refractivity contribution is 8.18. The first-order valence-corrected chi connectivity index (χ1v) is 10.1. The number of nitrogens with zero attached hydrogens (tertiary/aromatic N) is 2. The maximum atomic E-state index is 12.6. The summed E-state index contributed by atoms with van der Waals surface area (Å²) in [4.78, 5) is 42.3. The SMILES string of the molecule is CCOc1ccc(/C=C2\SC(=O)N(CCNC(=O)c3ccccn3)C2=O)cc1OC. The van der Waals surface area contributed by atoms with Crippen molar-refractivity contribution in [1.82, 2.24) is 15.2 Å². The summed E-state index contributed by atoms with van der Waals surface area (Å²) in [7, 11) is 1.54. The smallest absolute Gasteiger partial charge is 0.293 e. The van der Waals surface area contributed by atoms with E-state index in [1.54, 1.807) is 42.5 Å². The highest BCUT2D eigenvalue weighted by Crippen LogP contribution is 2.34. The lowest BCUT2D eigenvalue weighted by atomic mass is 10.2. The zero-order valence-electron chi connectivity index (χ0n) is 16.6. The molecule has 30 heavy (non-hydrogen) atoms. The minimum absolute atomic E-state index is 0.0766. The zero-order chi connectivity index (χ0) is 21.5. The van der Waals surface area contributed by atoms with Crippen molar-refractivity contribution < 1.29 is 23.9 Å². The second-order valence-corrected chi connectivity index (χ2v) is 7.14. The van der Waals surface area contributed by atoms with Crippen molar-refractivity contribution in [2.45, 2.75) is 6.92 Å². The van der Waals surface area contributed by atoms with Crippen molar-refractivity contribution in [2.75, 3.05) is 26.8 Å². The van der Waals surface area contributed by atoms with Gasteiger partial charge in [-0.15, -0.1) is 0 Å². The number of rotatable bonds is 8. The first-order chi connectivity index (χ1) is 14.5. The van der Waals surface area contributed by atoms with Gasteiger partial charge < -0.3 is 14.8 Å². The molecule has 0 aliphatic carbocycles. The van der Waals surface area contributed by atoms with Crippen molar-refractivity contribution in [2.24, 2.45) is 0 Å². The molecule has 0 radical (unpaired) electrons.